The van der Waals surface area contributed by atoms with Crippen LogP contribution in [0.1, 0.15) is 6.42 Å². The molecule has 3 heterocycles. The van der Waals surface area contributed by atoms with Crippen LogP contribution in [-0.4, -0.2) is 33.7 Å². The number of benzene rings is 2. The summed E-state index contributed by atoms with van der Waals surface area (Å²) in [6.07, 6.45) is 6.47. The topological polar surface area (TPSA) is 43.2 Å². The van der Waals surface area contributed by atoms with Gasteiger partial charge >= 0.3 is 0 Å². The summed E-state index contributed by atoms with van der Waals surface area (Å²) in [5, 5.41) is 1.88. The lowest BCUT2D eigenvalue weighted by molar-refractivity contribution is 0.225. The number of imidazole rings is 1. The molecule has 0 spiro atoms. The Morgan fingerprint density at radius 1 is 1.07 bits per heavy atom. The molecule has 0 saturated carbocycles. The molecule has 4 aromatic rings. The highest BCUT2D eigenvalue weighted by molar-refractivity contribution is 6.45. The molecule has 0 N–H and O–H groups in total. The molecule has 1 aliphatic heterocycles. The fourth-order valence-electron chi connectivity index (χ4n) is 3.70. The second-order valence-electron chi connectivity index (χ2n) is 7.01. The van der Waals surface area contributed by atoms with E-state index in [4.69, 9.17) is 32.9 Å². The van der Waals surface area contributed by atoms with Crippen molar-refractivity contribution in [3.8, 4) is 11.4 Å². The van der Waals surface area contributed by atoms with Crippen molar-refractivity contribution < 1.29 is 4.74 Å². The number of rotatable bonds is 4. The zero-order chi connectivity index (χ0) is 19.8. The molecule has 0 bridgehead atoms. The van der Waals surface area contributed by atoms with Gasteiger partial charge in [-0.05, 0) is 24.3 Å². The normalized spacial score (nSPS) is 16.5. The molecule has 7 heteroatoms. The van der Waals surface area contributed by atoms with Crippen molar-refractivity contribution in [1.82, 2.24) is 14.5 Å². The first-order valence-electron chi connectivity index (χ1n) is 9.43. The highest BCUT2D eigenvalue weighted by Gasteiger charge is 2.26. The van der Waals surface area contributed by atoms with E-state index in [-0.39, 0.29) is 6.10 Å². The lowest BCUT2D eigenvalue weighted by Crippen LogP contribution is -2.25. The summed E-state index contributed by atoms with van der Waals surface area (Å²) in [6, 6.07) is 15.7. The third-order valence-corrected chi connectivity index (χ3v) is 5.93. The second kappa shape index (κ2) is 7.58. The Hall–Kier alpha value is -2.76. The van der Waals surface area contributed by atoms with Crippen LogP contribution in [0.25, 0.3) is 16.6 Å². The predicted molar refractivity (Wildman–Crippen MR) is 117 cm³/mol. The largest absolute Gasteiger partial charge is 0.489 e. The molecule has 1 aliphatic rings. The smallest absolute Gasteiger partial charge is 0.131 e. The number of hydrogen-bond acceptors (Lipinski definition) is 4. The van der Waals surface area contributed by atoms with Gasteiger partial charge in [0.1, 0.15) is 17.7 Å². The van der Waals surface area contributed by atoms with E-state index in [1.165, 1.54) is 0 Å². The number of halogens is 2. The summed E-state index contributed by atoms with van der Waals surface area (Å²) in [6.45, 7) is 1.62. The van der Waals surface area contributed by atoms with E-state index in [1.807, 2.05) is 47.2 Å². The maximum Gasteiger partial charge on any atom is 0.131 e. The first-order chi connectivity index (χ1) is 14.2. The van der Waals surface area contributed by atoms with Crippen molar-refractivity contribution in [3.05, 3.63) is 77.3 Å². The average Bonchev–Trinajstić information content (AvgIpc) is 3.43. The van der Waals surface area contributed by atoms with Crippen LogP contribution < -0.4 is 9.64 Å². The van der Waals surface area contributed by atoms with Crippen molar-refractivity contribution >= 4 is 39.9 Å². The predicted octanol–water partition coefficient (Wildman–Crippen LogP) is 5.39. The standard InChI is InChI=1S/C22H18Cl2N4O/c23-18-7-6-17-19(28-11-9-25-14-28)12-20(26-22(17)21(18)24)27-10-8-16(13-27)29-15-4-2-1-3-5-15/h1-7,9,11-12,14,16H,8,10,13H2/t16-/m1/s1. The summed E-state index contributed by atoms with van der Waals surface area (Å²) in [5.41, 5.74) is 1.65. The van der Waals surface area contributed by atoms with Gasteiger partial charge in [0, 0.05) is 36.8 Å². The second-order valence-corrected chi connectivity index (χ2v) is 7.80. The fraction of sp³-hybridized carbons (Fsp3) is 0.182. The molecule has 146 valence electrons. The van der Waals surface area contributed by atoms with Crippen LogP contribution in [0.2, 0.25) is 10.0 Å². The van der Waals surface area contributed by atoms with Gasteiger partial charge in [-0.15, -0.1) is 0 Å². The molecule has 2 aromatic heterocycles. The zero-order valence-corrected chi connectivity index (χ0v) is 17.0. The molecule has 0 radical (unpaired) electrons. The van der Waals surface area contributed by atoms with Gasteiger partial charge in [0.05, 0.1) is 34.1 Å². The monoisotopic (exact) mass is 424 g/mol. The lowest BCUT2D eigenvalue weighted by atomic mass is 10.1. The van der Waals surface area contributed by atoms with Gasteiger partial charge in [-0.25, -0.2) is 9.97 Å². The lowest BCUT2D eigenvalue weighted by Gasteiger charge is -2.20. The SMILES string of the molecule is Clc1ccc2c(-n3ccnc3)cc(N3CC[C@@H](Oc4ccccc4)C3)nc2c1Cl. The Morgan fingerprint density at radius 3 is 2.72 bits per heavy atom. The van der Waals surface area contributed by atoms with Crippen molar-refractivity contribution in [3.63, 3.8) is 0 Å². The quantitative estimate of drug-likeness (QED) is 0.440. The minimum Gasteiger partial charge on any atom is -0.489 e. The first kappa shape index (κ1) is 18.3. The van der Waals surface area contributed by atoms with E-state index in [9.17, 15) is 0 Å². The molecule has 0 amide bonds. The van der Waals surface area contributed by atoms with Gasteiger partial charge in [-0.2, -0.15) is 0 Å². The number of anilines is 1. The van der Waals surface area contributed by atoms with Crippen molar-refractivity contribution in [2.24, 2.45) is 0 Å². The van der Waals surface area contributed by atoms with E-state index in [2.05, 4.69) is 16.0 Å². The van der Waals surface area contributed by atoms with E-state index in [0.717, 1.165) is 42.2 Å². The highest BCUT2D eigenvalue weighted by atomic mass is 35.5. The molecule has 29 heavy (non-hydrogen) atoms. The molecule has 0 unspecified atom stereocenters. The maximum absolute atomic E-state index is 6.51. The molecular formula is C22H18Cl2N4O. The number of pyridine rings is 1. The number of ether oxygens (including phenoxy) is 1. The van der Waals surface area contributed by atoms with Gasteiger partial charge in [-0.3, -0.25) is 0 Å². The van der Waals surface area contributed by atoms with Crippen LogP contribution in [0.15, 0.2) is 67.3 Å². The van der Waals surface area contributed by atoms with Crippen LogP contribution in [0.5, 0.6) is 5.75 Å². The molecule has 5 nitrogen and oxygen atoms in total. The first-order valence-corrected chi connectivity index (χ1v) is 10.2. The maximum atomic E-state index is 6.51. The van der Waals surface area contributed by atoms with Crippen molar-refractivity contribution in [2.75, 3.05) is 18.0 Å². The van der Waals surface area contributed by atoms with Crippen LogP contribution in [0, 0.1) is 0 Å². The number of aromatic nitrogens is 3. The Kier molecular flexibility index (Phi) is 4.78. The third-order valence-electron chi connectivity index (χ3n) is 5.13. The van der Waals surface area contributed by atoms with Crippen molar-refractivity contribution in [1.29, 1.82) is 0 Å². The summed E-state index contributed by atoms with van der Waals surface area (Å²) < 4.78 is 8.09. The van der Waals surface area contributed by atoms with Gasteiger partial charge in [0.2, 0.25) is 0 Å². The fourth-order valence-corrected chi connectivity index (χ4v) is 4.06. The van der Waals surface area contributed by atoms with Crippen LogP contribution >= 0.6 is 23.2 Å². The zero-order valence-electron chi connectivity index (χ0n) is 15.5. The van der Waals surface area contributed by atoms with E-state index in [0.29, 0.717) is 15.6 Å². The van der Waals surface area contributed by atoms with Gasteiger partial charge < -0.3 is 14.2 Å². The number of nitrogens with zero attached hydrogens (tertiary/aromatic N) is 4. The van der Waals surface area contributed by atoms with Crippen LogP contribution in [0.4, 0.5) is 5.82 Å². The summed E-state index contributed by atoms with van der Waals surface area (Å²) >= 11 is 12.8. The molecule has 5 rings (SSSR count). The van der Waals surface area contributed by atoms with Gasteiger partial charge in [-0.1, -0.05) is 41.4 Å². The summed E-state index contributed by atoms with van der Waals surface area (Å²) in [4.78, 5) is 11.3. The van der Waals surface area contributed by atoms with Gasteiger partial charge in [0.25, 0.3) is 0 Å². The molecular weight excluding hydrogens is 407 g/mol. The summed E-state index contributed by atoms with van der Waals surface area (Å²) in [5.74, 6) is 1.74. The Labute approximate surface area is 178 Å². The molecule has 0 aliphatic carbocycles. The van der Waals surface area contributed by atoms with Crippen LogP contribution in [0.3, 0.4) is 0 Å². The minimum atomic E-state index is 0.112. The highest BCUT2D eigenvalue weighted by Crippen LogP contribution is 2.35. The molecule has 1 atom stereocenters. The Bertz CT molecular complexity index is 1150. The number of para-hydroxylation sites is 1. The molecule has 1 fully saturated rings. The van der Waals surface area contributed by atoms with E-state index >= 15 is 0 Å². The number of hydrogen-bond donors (Lipinski definition) is 0. The van der Waals surface area contributed by atoms with Gasteiger partial charge in [0.15, 0.2) is 0 Å². The van der Waals surface area contributed by atoms with E-state index in [1.54, 1.807) is 18.6 Å². The minimum absolute atomic E-state index is 0.112. The van der Waals surface area contributed by atoms with Crippen LogP contribution in [-0.2, 0) is 0 Å². The summed E-state index contributed by atoms with van der Waals surface area (Å²) in [7, 11) is 0. The third kappa shape index (κ3) is 3.52. The number of fused-ring (bicyclic) bond motifs is 1. The van der Waals surface area contributed by atoms with Crippen molar-refractivity contribution in [2.45, 2.75) is 12.5 Å². The Balaban J connectivity index is 1.51. The molecule has 1 saturated heterocycles. The van der Waals surface area contributed by atoms with E-state index < -0.39 is 0 Å². The average molecular weight is 425 g/mol. The Morgan fingerprint density at radius 2 is 1.93 bits per heavy atom. The molecule has 2 aromatic carbocycles.